The van der Waals surface area contributed by atoms with E-state index in [0.717, 1.165) is 57.8 Å². The van der Waals surface area contributed by atoms with Crippen molar-refractivity contribution in [3.05, 3.63) is 72.9 Å². The summed E-state index contributed by atoms with van der Waals surface area (Å²) in [7, 11) is 0. The molecule has 0 spiro atoms. The molecule has 1 heteroatoms. The molecule has 0 aliphatic rings. The van der Waals surface area contributed by atoms with E-state index in [1.807, 2.05) is 0 Å². The van der Waals surface area contributed by atoms with Gasteiger partial charge in [-0.2, -0.15) is 0 Å². The number of hydrogen-bond acceptors (Lipinski definition) is 1. The fraction of sp³-hybridized carbons (Fsp3) is 0.520. The molecule has 1 N–H and O–H groups in total. The van der Waals surface area contributed by atoms with Crippen LogP contribution in [0.1, 0.15) is 71.6 Å². The second-order valence-corrected chi connectivity index (χ2v) is 6.49. The molecule has 0 radical (unpaired) electrons. The molecule has 0 aromatic rings. The molecule has 146 valence electrons. The first-order chi connectivity index (χ1) is 12.8. The van der Waals surface area contributed by atoms with Gasteiger partial charge in [-0.25, -0.2) is 0 Å². The van der Waals surface area contributed by atoms with Gasteiger partial charge in [-0.05, 0) is 57.3 Å². The van der Waals surface area contributed by atoms with Gasteiger partial charge in [-0.3, -0.25) is 0 Å². The molecule has 0 amide bonds. The topological polar surface area (TPSA) is 20.2 Å². The molecule has 1 nitrogen and oxygen atoms in total. The molecule has 0 aromatic heterocycles. The molecule has 0 rings (SSSR count). The Morgan fingerprint density at radius 2 is 0.962 bits per heavy atom. The lowest BCUT2D eigenvalue weighted by molar-refractivity contribution is 0.219. The fourth-order valence-corrected chi connectivity index (χ4v) is 2.50. The minimum atomic E-state index is 0.305. The second kappa shape index (κ2) is 21.4. The lowest BCUT2D eigenvalue weighted by atomic mass is 10.0. The van der Waals surface area contributed by atoms with E-state index in [4.69, 9.17) is 0 Å². The first-order valence-corrected chi connectivity index (χ1v) is 10.4. The molecule has 0 aliphatic carbocycles. The quantitative estimate of drug-likeness (QED) is 0.284. The average molecular weight is 357 g/mol. The maximum atomic E-state index is 9.23. The zero-order valence-electron chi connectivity index (χ0n) is 17.0. The number of aliphatic hydroxyl groups excluding tert-OH is 1. The summed E-state index contributed by atoms with van der Waals surface area (Å²) in [6.07, 6.45) is 36.0. The van der Waals surface area contributed by atoms with Gasteiger partial charge >= 0.3 is 0 Å². The lowest BCUT2D eigenvalue weighted by Gasteiger charge is -2.08. The SMILES string of the molecule is CC/C=C\C/C=C\C/C=C\C/C=C\C/C=C\C/C=C\CC(CO)CCC. The highest BCUT2D eigenvalue weighted by atomic mass is 16.3. The minimum absolute atomic E-state index is 0.305. The summed E-state index contributed by atoms with van der Waals surface area (Å²) >= 11 is 0. The second-order valence-electron chi connectivity index (χ2n) is 6.49. The van der Waals surface area contributed by atoms with Gasteiger partial charge in [-0.1, -0.05) is 93.2 Å². The molecule has 0 saturated carbocycles. The van der Waals surface area contributed by atoms with Crippen molar-refractivity contribution < 1.29 is 5.11 Å². The molecule has 1 unspecified atom stereocenters. The Morgan fingerprint density at radius 3 is 1.31 bits per heavy atom. The van der Waals surface area contributed by atoms with E-state index in [1.54, 1.807) is 0 Å². The van der Waals surface area contributed by atoms with E-state index in [9.17, 15) is 5.11 Å². The Labute approximate surface area is 162 Å². The normalized spacial score (nSPS) is 14.4. The van der Waals surface area contributed by atoms with Crippen molar-refractivity contribution in [1.29, 1.82) is 0 Å². The largest absolute Gasteiger partial charge is 0.396 e. The maximum absolute atomic E-state index is 9.23. The third-order valence-electron chi connectivity index (χ3n) is 4.02. The van der Waals surface area contributed by atoms with E-state index in [-0.39, 0.29) is 0 Å². The molecular weight excluding hydrogens is 316 g/mol. The molecule has 0 aromatic carbocycles. The van der Waals surface area contributed by atoms with Crippen LogP contribution in [-0.4, -0.2) is 11.7 Å². The summed E-state index contributed by atoms with van der Waals surface area (Å²) in [5.41, 5.74) is 0. The maximum Gasteiger partial charge on any atom is 0.0462 e. The van der Waals surface area contributed by atoms with Gasteiger partial charge in [0.05, 0.1) is 0 Å². The van der Waals surface area contributed by atoms with Crippen LogP contribution in [0.3, 0.4) is 0 Å². The molecule has 0 bridgehead atoms. The molecule has 0 saturated heterocycles. The molecule has 0 heterocycles. The summed E-state index contributed by atoms with van der Waals surface area (Å²) in [4.78, 5) is 0. The van der Waals surface area contributed by atoms with Crippen molar-refractivity contribution in [3.8, 4) is 0 Å². The van der Waals surface area contributed by atoms with Crippen LogP contribution in [0.25, 0.3) is 0 Å². The number of aliphatic hydroxyl groups is 1. The molecule has 0 fully saturated rings. The first kappa shape index (κ1) is 24.4. The molecule has 1 atom stereocenters. The van der Waals surface area contributed by atoms with E-state index in [1.165, 1.54) is 0 Å². The van der Waals surface area contributed by atoms with Crippen LogP contribution in [0.4, 0.5) is 0 Å². The van der Waals surface area contributed by atoms with Gasteiger partial charge in [0.25, 0.3) is 0 Å². The Morgan fingerprint density at radius 1 is 0.577 bits per heavy atom. The predicted octanol–water partition coefficient (Wildman–Crippen LogP) is 7.48. The highest BCUT2D eigenvalue weighted by Crippen LogP contribution is 2.11. The van der Waals surface area contributed by atoms with Gasteiger partial charge in [0.1, 0.15) is 0 Å². The molecular formula is C25H40O. The number of rotatable bonds is 16. The zero-order chi connectivity index (χ0) is 19.1. The van der Waals surface area contributed by atoms with Crippen molar-refractivity contribution >= 4 is 0 Å². The van der Waals surface area contributed by atoms with Crippen molar-refractivity contribution in [1.82, 2.24) is 0 Å². The summed E-state index contributed by atoms with van der Waals surface area (Å²) in [5, 5.41) is 9.23. The monoisotopic (exact) mass is 356 g/mol. The van der Waals surface area contributed by atoms with E-state index in [2.05, 4.69) is 86.8 Å². The van der Waals surface area contributed by atoms with Crippen molar-refractivity contribution in [3.63, 3.8) is 0 Å². The summed E-state index contributed by atoms with van der Waals surface area (Å²) in [5.74, 6) is 0.435. The average Bonchev–Trinajstić information content (AvgIpc) is 2.66. The zero-order valence-corrected chi connectivity index (χ0v) is 17.0. The standard InChI is InChI=1S/C25H40O/c1-3-5-6-7-8-9-10-11-12-13-14-15-16-17-18-19-20-21-23-25(24-26)22-4-2/h5-6,8-9,11-12,14-15,17-18,20-21,25-26H,3-4,7,10,13,16,19,22-24H2,1-2H3/b6-5-,9-8-,12-11-,15-14-,18-17-,21-20-. The van der Waals surface area contributed by atoms with Crippen molar-refractivity contribution in [2.45, 2.75) is 71.6 Å². The van der Waals surface area contributed by atoms with Gasteiger partial charge in [0.15, 0.2) is 0 Å². The fourth-order valence-electron chi connectivity index (χ4n) is 2.50. The first-order valence-electron chi connectivity index (χ1n) is 10.4. The van der Waals surface area contributed by atoms with Crippen LogP contribution in [0.15, 0.2) is 72.9 Å². The summed E-state index contributed by atoms with van der Waals surface area (Å²) in [6.45, 7) is 4.63. The Balaban J connectivity index is 3.61. The van der Waals surface area contributed by atoms with Crippen LogP contribution in [0.5, 0.6) is 0 Å². The summed E-state index contributed by atoms with van der Waals surface area (Å²) in [6, 6.07) is 0. The predicted molar refractivity (Wildman–Crippen MR) is 118 cm³/mol. The lowest BCUT2D eigenvalue weighted by Crippen LogP contribution is -2.03. The van der Waals surface area contributed by atoms with Gasteiger partial charge < -0.3 is 5.11 Å². The third kappa shape index (κ3) is 18.7. The van der Waals surface area contributed by atoms with Crippen molar-refractivity contribution in [2.75, 3.05) is 6.61 Å². The Bertz CT molecular complexity index is 449. The van der Waals surface area contributed by atoms with E-state index < -0.39 is 0 Å². The number of allylic oxidation sites excluding steroid dienone is 12. The van der Waals surface area contributed by atoms with E-state index in [0.29, 0.717) is 12.5 Å². The summed E-state index contributed by atoms with van der Waals surface area (Å²) < 4.78 is 0. The van der Waals surface area contributed by atoms with Gasteiger partial charge in [0, 0.05) is 6.61 Å². The van der Waals surface area contributed by atoms with Gasteiger partial charge in [-0.15, -0.1) is 0 Å². The Kier molecular flexibility index (Phi) is 20.1. The Hall–Kier alpha value is -1.60. The van der Waals surface area contributed by atoms with Crippen LogP contribution in [0, 0.1) is 5.92 Å². The van der Waals surface area contributed by atoms with E-state index >= 15 is 0 Å². The van der Waals surface area contributed by atoms with Crippen LogP contribution < -0.4 is 0 Å². The van der Waals surface area contributed by atoms with Crippen LogP contribution >= 0.6 is 0 Å². The molecule has 26 heavy (non-hydrogen) atoms. The van der Waals surface area contributed by atoms with Crippen LogP contribution in [0.2, 0.25) is 0 Å². The van der Waals surface area contributed by atoms with Crippen molar-refractivity contribution in [2.24, 2.45) is 5.92 Å². The molecule has 0 aliphatic heterocycles. The number of hydrogen-bond donors (Lipinski definition) is 1. The van der Waals surface area contributed by atoms with Gasteiger partial charge in [0.2, 0.25) is 0 Å². The highest BCUT2D eigenvalue weighted by molar-refractivity contribution is 5.01. The minimum Gasteiger partial charge on any atom is -0.396 e. The highest BCUT2D eigenvalue weighted by Gasteiger charge is 2.02. The third-order valence-corrected chi connectivity index (χ3v) is 4.02. The smallest absolute Gasteiger partial charge is 0.0462 e. The van der Waals surface area contributed by atoms with Crippen LogP contribution in [-0.2, 0) is 0 Å².